The van der Waals surface area contributed by atoms with Gasteiger partial charge in [0.2, 0.25) is 0 Å². The topological polar surface area (TPSA) is 32.3 Å². The maximum Gasteiger partial charge on any atom is 0.142 e. The fourth-order valence-corrected chi connectivity index (χ4v) is 3.10. The third-order valence-corrected chi connectivity index (χ3v) is 4.28. The zero-order chi connectivity index (χ0) is 13.2. The summed E-state index contributed by atoms with van der Waals surface area (Å²) in [7, 11) is 1.86. The predicted molar refractivity (Wildman–Crippen MR) is 71.5 cm³/mol. The van der Waals surface area contributed by atoms with Crippen LogP contribution in [-0.4, -0.2) is 24.8 Å². The van der Waals surface area contributed by atoms with Crippen LogP contribution in [0.2, 0.25) is 5.02 Å². The van der Waals surface area contributed by atoms with E-state index >= 15 is 0 Å². The highest BCUT2D eigenvalue weighted by atomic mass is 35.5. The SMILES string of the molecule is CNC[C@@]1(c2ccc(Cl)c(F)c2)CCCC[C@H]1O. The largest absolute Gasteiger partial charge is 0.392 e. The standard InChI is InChI=1S/C14H19ClFNO/c1-17-9-14(7-3-2-4-13(14)18)10-5-6-11(15)12(16)8-10/h5-6,8,13,17-18H,2-4,7,9H2,1H3/t13-,14-/m1/s1. The number of aliphatic hydroxyl groups is 1. The predicted octanol–water partition coefficient (Wildman–Crippen LogP) is 2.87. The Kier molecular flexibility index (Phi) is 4.25. The Morgan fingerprint density at radius 1 is 1.50 bits per heavy atom. The lowest BCUT2D eigenvalue weighted by Gasteiger charge is -2.42. The van der Waals surface area contributed by atoms with Crippen molar-refractivity contribution in [3.63, 3.8) is 0 Å². The summed E-state index contributed by atoms with van der Waals surface area (Å²) in [5.74, 6) is -0.414. The first-order valence-corrected chi connectivity index (χ1v) is 6.76. The van der Waals surface area contributed by atoms with Crippen molar-refractivity contribution in [2.45, 2.75) is 37.2 Å². The van der Waals surface area contributed by atoms with Crippen LogP contribution in [0.15, 0.2) is 18.2 Å². The smallest absolute Gasteiger partial charge is 0.142 e. The van der Waals surface area contributed by atoms with E-state index < -0.39 is 17.3 Å². The van der Waals surface area contributed by atoms with Crippen molar-refractivity contribution in [3.8, 4) is 0 Å². The van der Waals surface area contributed by atoms with Gasteiger partial charge in [-0.3, -0.25) is 0 Å². The molecule has 0 aliphatic heterocycles. The summed E-state index contributed by atoms with van der Waals surface area (Å²) in [5, 5.41) is 13.6. The van der Waals surface area contributed by atoms with Gasteiger partial charge in [0.15, 0.2) is 0 Å². The number of rotatable bonds is 3. The fourth-order valence-electron chi connectivity index (χ4n) is 2.99. The van der Waals surface area contributed by atoms with Crippen LogP contribution in [0.4, 0.5) is 4.39 Å². The summed E-state index contributed by atoms with van der Waals surface area (Å²) in [4.78, 5) is 0. The highest BCUT2D eigenvalue weighted by Crippen LogP contribution is 2.40. The molecule has 4 heteroatoms. The molecular weight excluding hydrogens is 253 g/mol. The summed E-state index contributed by atoms with van der Waals surface area (Å²) >= 11 is 5.73. The maximum absolute atomic E-state index is 13.6. The monoisotopic (exact) mass is 271 g/mol. The average Bonchev–Trinajstić information content (AvgIpc) is 2.36. The molecule has 1 aromatic rings. The summed E-state index contributed by atoms with van der Waals surface area (Å²) < 4.78 is 13.6. The number of hydrogen-bond donors (Lipinski definition) is 2. The van der Waals surface area contributed by atoms with Gasteiger partial charge in [0.1, 0.15) is 5.82 Å². The molecule has 2 N–H and O–H groups in total. The quantitative estimate of drug-likeness (QED) is 0.886. The van der Waals surface area contributed by atoms with Crippen molar-refractivity contribution in [2.75, 3.05) is 13.6 Å². The molecule has 2 rings (SSSR count). The molecule has 1 aliphatic carbocycles. The van der Waals surface area contributed by atoms with Crippen LogP contribution in [0.25, 0.3) is 0 Å². The first kappa shape index (κ1) is 13.8. The molecule has 0 bridgehead atoms. The average molecular weight is 272 g/mol. The lowest BCUT2D eigenvalue weighted by molar-refractivity contribution is 0.0423. The summed E-state index contributed by atoms with van der Waals surface area (Å²) in [6.07, 6.45) is 3.30. The Hall–Kier alpha value is -0.640. The summed E-state index contributed by atoms with van der Waals surface area (Å²) in [5.41, 5.74) is 0.448. The summed E-state index contributed by atoms with van der Waals surface area (Å²) in [6.45, 7) is 0.648. The Morgan fingerprint density at radius 2 is 2.28 bits per heavy atom. The second-order valence-corrected chi connectivity index (χ2v) is 5.48. The highest BCUT2D eigenvalue weighted by molar-refractivity contribution is 6.30. The van der Waals surface area contributed by atoms with Gasteiger partial charge >= 0.3 is 0 Å². The van der Waals surface area contributed by atoms with Gasteiger partial charge in [-0.25, -0.2) is 4.39 Å². The number of halogens is 2. The van der Waals surface area contributed by atoms with Crippen LogP contribution >= 0.6 is 11.6 Å². The normalized spacial score (nSPS) is 28.3. The van der Waals surface area contributed by atoms with E-state index in [1.54, 1.807) is 6.07 Å². The molecule has 1 saturated carbocycles. The fraction of sp³-hybridized carbons (Fsp3) is 0.571. The van der Waals surface area contributed by atoms with E-state index in [1.165, 1.54) is 6.07 Å². The van der Waals surface area contributed by atoms with Gasteiger partial charge in [-0.05, 0) is 37.6 Å². The second-order valence-electron chi connectivity index (χ2n) is 5.08. The minimum Gasteiger partial charge on any atom is -0.392 e. The van der Waals surface area contributed by atoms with Gasteiger partial charge in [0, 0.05) is 12.0 Å². The van der Waals surface area contributed by atoms with Crippen molar-refractivity contribution < 1.29 is 9.50 Å². The van der Waals surface area contributed by atoms with Crippen LogP contribution in [0.5, 0.6) is 0 Å². The number of aliphatic hydroxyl groups excluding tert-OH is 1. The van der Waals surface area contributed by atoms with Crippen molar-refractivity contribution >= 4 is 11.6 Å². The Balaban J connectivity index is 2.42. The van der Waals surface area contributed by atoms with Crippen molar-refractivity contribution in [2.24, 2.45) is 0 Å². The molecule has 0 radical (unpaired) electrons. The minimum absolute atomic E-state index is 0.128. The van der Waals surface area contributed by atoms with Gasteiger partial charge in [0.25, 0.3) is 0 Å². The molecule has 1 fully saturated rings. The van der Waals surface area contributed by atoms with Crippen LogP contribution in [0.1, 0.15) is 31.2 Å². The van der Waals surface area contributed by atoms with Gasteiger partial charge in [-0.15, -0.1) is 0 Å². The van der Waals surface area contributed by atoms with E-state index in [0.29, 0.717) is 6.54 Å². The van der Waals surface area contributed by atoms with E-state index in [0.717, 1.165) is 31.2 Å². The Labute approximate surface area is 112 Å². The molecular formula is C14H19ClFNO. The van der Waals surface area contributed by atoms with Gasteiger partial charge in [-0.2, -0.15) is 0 Å². The first-order chi connectivity index (χ1) is 8.60. The van der Waals surface area contributed by atoms with Crippen LogP contribution in [0, 0.1) is 5.82 Å². The molecule has 0 unspecified atom stereocenters. The number of nitrogens with one attached hydrogen (secondary N) is 1. The van der Waals surface area contributed by atoms with Crippen molar-refractivity contribution in [3.05, 3.63) is 34.6 Å². The molecule has 0 spiro atoms. The van der Waals surface area contributed by atoms with E-state index in [-0.39, 0.29) is 5.02 Å². The third-order valence-electron chi connectivity index (χ3n) is 3.98. The lowest BCUT2D eigenvalue weighted by Crippen LogP contribution is -2.48. The van der Waals surface area contributed by atoms with E-state index in [4.69, 9.17) is 11.6 Å². The molecule has 1 aliphatic rings. The van der Waals surface area contributed by atoms with Gasteiger partial charge < -0.3 is 10.4 Å². The van der Waals surface area contributed by atoms with E-state index in [2.05, 4.69) is 5.32 Å². The molecule has 0 amide bonds. The van der Waals surface area contributed by atoms with Crippen LogP contribution in [-0.2, 0) is 5.41 Å². The van der Waals surface area contributed by atoms with E-state index in [1.807, 2.05) is 13.1 Å². The first-order valence-electron chi connectivity index (χ1n) is 6.38. The van der Waals surface area contributed by atoms with Crippen molar-refractivity contribution in [1.82, 2.24) is 5.32 Å². The summed E-state index contributed by atoms with van der Waals surface area (Å²) in [6, 6.07) is 4.87. The van der Waals surface area contributed by atoms with Crippen LogP contribution in [0.3, 0.4) is 0 Å². The van der Waals surface area contributed by atoms with E-state index in [9.17, 15) is 9.50 Å². The molecule has 100 valence electrons. The molecule has 0 saturated heterocycles. The van der Waals surface area contributed by atoms with Gasteiger partial charge in [0.05, 0.1) is 11.1 Å². The lowest BCUT2D eigenvalue weighted by atomic mass is 9.67. The molecule has 0 heterocycles. The Morgan fingerprint density at radius 3 is 2.89 bits per heavy atom. The zero-order valence-electron chi connectivity index (χ0n) is 10.5. The third kappa shape index (κ3) is 2.40. The van der Waals surface area contributed by atoms with Gasteiger partial charge in [-0.1, -0.05) is 30.5 Å². The molecule has 0 aromatic heterocycles. The zero-order valence-corrected chi connectivity index (χ0v) is 11.3. The number of likely N-dealkylation sites (N-methyl/N-ethyl adjacent to an activating group) is 1. The van der Waals surface area contributed by atoms with Crippen LogP contribution < -0.4 is 5.32 Å². The number of hydrogen-bond acceptors (Lipinski definition) is 2. The molecule has 2 nitrogen and oxygen atoms in total. The Bertz CT molecular complexity index is 422. The van der Waals surface area contributed by atoms with Crippen molar-refractivity contribution in [1.29, 1.82) is 0 Å². The maximum atomic E-state index is 13.6. The number of benzene rings is 1. The molecule has 18 heavy (non-hydrogen) atoms. The minimum atomic E-state index is -0.431. The highest BCUT2D eigenvalue weighted by Gasteiger charge is 2.41. The molecule has 1 aromatic carbocycles. The molecule has 2 atom stereocenters. The second kappa shape index (κ2) is 5.55.